The maximum Gasteiger partial charge on any atom is 0.329 e. The predicted molar refractivity (Wildman–Crippen MR) is 106 cm³/mol. The Hall–Kier alpha value is -2.17. The Kier molecular flexibility index (Phi) is 5.92. The summed E-state index contributed by atoms with van der Waals surface area (Å²) in [6.45, 7) is 5.84. The van der Waals surface area contributed by atoms with Gasteiger partial charge in [0.15, 0.2) is 5.78 Å². The second-order valence-electron chi connectivity index (χ2n) is 9.11. The lowest BCUT2D eigenvalue weighted by molar-refractivity contribution is -0.156. The molecule has 0 aromatic heterocycles. The first kappa shape index (κ1) is 20.6. The largest absolute Gasteiger partial charge is 0.467 e. The summed E-state index contributed by atoms with van der Waals surface area (Å²) in [4.78, 5) is 41.6. The van der Waals surface area contributed by atoms with Crippen molar-refractivity contribution in [1.29, 1.82) is 0 Å². The van der Waals surface area contributed by atoms with Crippen molar-refractivity contribution in [1.82, 2.24) is 4.90 Å². The van der Waals surface area contributed by atoms with Gasteiger partial charge in [0.25, 0.3) is 0 Å². The van der Waals surface area contributed by atoms with Crippen molar-refractivity contribution < 1.29 is 19.1 Å². The van der Waals surface area contributed by atoms with Crippen LogP contribution in [0, 0.1) is 17.3 Å². The van der Waals surface area contributed by atoms with Crippen molar-refractivity contribution >= 4 is 17.7 Å². The molecule has 1 aliphatic heterocycles. The van der Waals surface area contributed by atoms with Gasteiger partial charge < -0.3 is 9.64 Å². The Bertz CT molecular complexity index is 731. The number of esters is 1. The maximum atomic E-state index is 13.6. The van der Waals surface area contributed by atoms with E-state index in [0.717, 1.165) is 37.7 Å². The van der Waals surface area contributed by atoms with E-state index in [4.69, 9.17) is 4.74 Å². The predicted octanol–water partition coefficient (Wildman–Crippen LogP) is 3.92. The first-order valence-electron chi connectivity index (χ1n) is 10.3. The number of carbonyl (C=O) groups is 3. The van der Waals surface area contributed by atoms with Crippen molar-refractivity contribution in [2.75, 3.05) is 7.11 Å². The minimum absolute atomic E-state index is 0.0711. The zero-order chi connectivity index (χ0) is 20.5. The normalized spacial score (nSPS) is 26.4. The molecular formula is C23H31NO4. The van der Waals surface area contributed by atoms with Crippen LogP contribution in [-0.4, -0.2) is 35.7 Å². The van der Waals surface area contributed by atoms with E-state index >= 15 is 0 Å². The number of hydrogen-bond donors (Lipinski definition) is 0. The molecule has 2 fully saturated rings. The molecule has 5 nitrogen and oxygen atoms in total. The van der Waals surface area contributed by atoms with Gasteiger partial charge in [-0.25, -0.2) is 4.79 Å². The van der Waals surface area contributed by atoms with Crippen LogP contribution in [0.15, 0.2) is 30.3 Å². The molecule has 1 saturated carbocycles. The van der Waals surface area contributed by atoms with Crippen molar-refractivity contribution in [3.05, 3.63) is 35.9 Å². The molecule has 0 N–H and O–H groups in total. The zero-order valence-electron chi connectivity index (χ0n) is 17.3. The molecule has 1 aromatic rings. The van der Waals surface area contributed by atoms with Crippen LogP contribution in [0.5, 0.6) is 0 Å². The molecular weight excluding hydrogens is 354 g/mol. The van der Waals surface area contributed by atoms with Crippen molar-refractivity contribution in [3.63, 3.8) is 0 Å². The number of hydrogen-bond acceptors (Lipinski definition) is 4. The Balaban J connectivity index is 2.10. The van der Waals surface area contributed by atoms with Gasteiger partial charge in [0, 0.05) is 5.92 Å². The number of rotatable bonds is 3. The number of ketones is 1. The molecule has 0 spiro atoms. The number of nitrogens with zero attached hydrogens (tertiary/aromatic N) is 1. The van der Waals surface area contributed by atoms with Crippen LogP contribution < -0.4 is 0 Å². The summed E-state index contributed by atoms with van der Waals surface area (Å²) in [7, 11) is 1.33. The average Bonchev–Trinajstić information content (AvgIpc) is 3.01. The Morgan fingerprint density at radius 3 is 2.18 bits per heavy atom. The molecule has 1 saturated heterocycles. The lowest BCUT2D eigenvalue weighted by Gasteiger charge is -2.35. The number of likely N-dealkylation sites (tertiary alicyclic amines) is 1. The third-order valence-electron chi connectivity index (χ3n) is 6.17. The van der Waals surface area contributed by atoms with Gasteiger partial charge in [-0.05, 0) is 23.8 Å². The summed E-state index contributed by atoms with van der Waals surface area (Å²) in [5.41, 5.74) is 0.294. The summed E-state index contributed by atoms with van der Waals surface area (Å²) in [5.74, 6) is -1.38. The van der Waals surface area contributed by atoms with Crippen LogP contribution in [0.2, 0.25) is 0 Å². The number of carbonyl (C=O) groups excluding carboxylic acids is 3. The molecule has 1 aromatic carbocycles. The average molecular weight is 386 g/mol. The highest BCUT2D eigenvalue weighted by Crippen LogP contribution is 2.46. The van der Waals surface area contributed by atoms with Crippen LogP contribution in [0.25, 0.3) is 0 Å². The summed E-state index contributed by atoms with van der Waals surface area (Å²) in [6, 6.07) is 7.73. The molecule has 2 aliphatic rings. The topological polar surface area (TPSA) is 63.7 Å². The SMILES string of the molecule is COC(=O)C1C(C(C)(C)C)C(=O)C(c2ccccc2)N1C(=O)C1CCCCC1. The summed E-state index contributed by atoms with van der Waals surface area (Å²) in [5, 5.41) is 0. The molecule has 0 bridgehead atoms. The number of methoxy groups -OCH3 is 1. The second kappa shape index (κ2) is 8.06. The minimum atomic E-state index is -0.878. The summed E-state index contributed by atoms with van der Waals surface area (Å²) in [6.07, 6.45) is 4.80. The van der Waals surface area contributed by atoms with Gasteiger partial charge in [-0.3, -0.25) is 9.59 Å². The fourth-order valence-electron chi connectivity index (χ4n) is 4.84. The quantitative estimate of drug-likeness (QED) is 0.740. The first-order chi connectivity index (χ1) is 13.3. The third-order valence-corrected chi connectivity index (χ3v) is 6.17. The highest BCUT2D eigenvalue weighted by molar-refractivity contribution is 6.02. The van der Waals surface area contributed by atoms with Gasteiger partial charge in [-0.2, -0.15) is 0 Å². The van der Waals surface area contributed by atoms with Gasteiger partial charge >= 0.3 is 5.97 Å². The molecule has 3 rings (SSSR count). The summed E-state index contributed by atoms with van der Waals surface area (Å²) >= 11 is 0. The number of Topliss-reactive ketones (excluding diaryl/α,β-unsaturated/α-hetero) is 1. The maximum absolute atomic E-state index is 13.6. The smallest absolute Gasteiger partial charge is 0.329 e. The minimum Gasteiger partial charge on any atom is -0.467 e. The van der Waals surface area contributed by atoms with Gasteiger partial charge in [0.1, 0.15) is 12.1 Å². The Morgan fingerprint density at radius 2 is 1.64 bits per heavy atom. The van der Waals surface area contributed by atoms with E-state index in [1.165, 1.54) is 7.11 Å². The fraction of sp³-hybridized carbons (Fsp3) is 0.609. The van der Waals surface area contributed by atoms with Gasteiger partial charge in [-0.15, -0.1) is 0 Å². The Labute approximate surface area is 167 Å². The van der Waals surface area contributed by atoms with Crippen molar-refractivity contribution in [3.8, 4) is 0 Å². The van der Waals surface area contributed by atoms with Gasteiger partial charge in [0.05, 0.1) is 13.0 Å². The van der Waals surface area contributed by atoms with Crippen molar-refractivity contribution in [2.45, 2.75) is 65.0 Å². The lowest BCUT2D eigenvalue weighted by atomic mass is 9.74. The number of ether oxygens (including phenoxy) is 1. The molecule has 3 atom stereocenters. The molecule has 1 amide bonds. The van der Waals surface area contributed by atoms with E-state index in [1.54, 1.807) is 4.90 Å². The van der Waals surface area contributed by atoms with E-state index in [9.17, 15) is 14.4 Å². The van der Waals surface area contributed by atoms with Crippen LogP contribution in [0.1, 0.15) is 64.5 Å². The second-order valence-corrected chi connectivity index (χ2v) is 9.11. The van der Waals surface area contributed by atoms with Crippen molar-refractivity contribution in [2.24, 2.45) is 17.3 Å². The zero-order valence-corrected chi connectivity index (χ0v) is 17.3. The van der Waals surface area contributed by atoms with E-state index in [0.29, 0.717) is 0 Å². The molecule has 1 aliphatic carbocycles. The van der Waals surface area contributed by atoms with E-state index < -0.39 is 29.4 Å². The highest BCUT2D eigenvalue weighted by Gasteiger charge is 2.58. The van der Waals surface area contributed by atoms with E-state index in [-0.39, 0.29) is 17.6 Å². The fourth-order valence-corrected chi connectivity index (χ4v) is 4.84. The van der Waals surface area contributed by atoms with Gasteiger partial charge in [0.2, 0.25) is 5.91 Å². The van der Waals surface area contributed by atoms with E-state index in [2.05, 4.69) is 0 Å². The molecule has 5 heteroatoms. The van der Waals surface area contributed by atoms with Gasteiger partial charge in [-0.1, -0.05) is 70.4 Å². The summed E-state index contributed by atoms with van der Waals surface area (Å²) < 4.78 is 5.07. The third kappa shape index (κ3) is 3.71. The van der Waals surface area contributed by atoms with Crippen LogP contribution in [0.3, 0.4) is 0 Å². The molecule has 3 unspecified atom stereocenters. The Morgan fingerprint density at radius 1 is 1.04 bits per heavy atom. The number of amides is 1. The molecule has 0 radical (unpaired) electrons. The van der Waals surface area contributed by atoms with Crippen LogP contribution >= 0.6 is 0 Å². The number of benzene rings is 1. The molecule has 1 heterocycles. The first-order valence-corrected chi connectivity index (χ1v) is 10.3. The van der Waals surface area contributed by atoms with Crippen LogP contribution in [-0.2, 0) is 19.1 Å². The highest BCUT2D eigenvalue weighted by atomic mass is 16.5. The molecule has 152 valence electrons. The molecule has 28 heavy (non-hydrogen) atoms. The van der Waals surface area contributed by atoms with Crippen LogP contribution in [0.4, 0.5) is 0 Å². The standard InChI is InChI=1S/C23H31NO4/c1-23(2,3)17-19(22(27)28-4)24(21(26)16-13-9-6-10-14-16)18(20(17)25)15-11-7-5-8-12-15/h5,7-8,11-12,16-19H,6,9-10,13-14H2,1-4H3. The monoisotopic (exact) mass is 385 g/mol. The lowest BCUT2D eigenvalue weighted by Crippen LogP contribution is -2.49. The van der Waals surface area contributed by atoms with E-state index in [1.807, 2.05) is 51.1 Å².